The summed E-state index contributed by atoms with van der Waals surface area (Å²) in [5.41, 5.74) is 9.32. The standard InChI is InChI=1S/C19H25ClN4O.ClH/c1-12(21)16-5-4-10-23(11-16)19(25)15-6-8-17(9-7-15)24-14(3)18(20)13(2)22-24;/h6-9,12,16H,4-5,10-11,21H2,1-3H3;1H. The summed E-state index contributed by atoms with van der Waals surface area (Å²) in [5, 5.41) is 5.13. The Balaban J connectivity index is 0.00000243. The maximum atomic E-state index is 12.8. The van der Waals surface area contributed by atoms with Crippen molar-refractivity contribution in [3.8, 4) is 5.69 Å². The third-order valence-corrected chi connectivity index (χ3v) is 5.60. The van der Waals surface area contributed by atoms with Crippen LogP contribution in [0.3, 0.4) is 0 Å². The highest BCUT2D eigenvalue weighted by molar-refractivity contribution is 6.31. The zero-order valence-corrected chi connectivity index (χ0v) is 17.0. The van der Waals surface area contributed by atoms with Crippen LogP contribution in [0.2, 0.25) is 5.02 Å². The zero-order valence-electron chi connectivity index (χ0n) is 15.4. The Morgan fingerprint density at radius 1 is 1.31 bits per heavy atom. The lowest BCUT2D eigenvalue weighted by atomic mass is 9.92. The number of halogens is 2. The number of carbonyl (C=O) groups excluding carboxylic acids is 1. The van der Waals surface area contributed by atoms with E-state index in [0.29, 0.717) is 16.5 Å². The molecule has 2 atom stereocenters. The number of rotatable bonds is 3. The molecular weight excluding hydrogens is 371 g/mol. The van der Waals surface area contributed by atoms with Crippen molar-refractivity contribution in [3.63, 3.8) is 0 Å². The highest BCUT2D eigenvalue weighted by Gasteiger charge is 2.26. The van der Waals surface area contributed by atoms with Crippen LogP contribution < -0.4 is 5.73 Å². The quantitative estimate of drug-likeness (QED) is 0.858. The van der Waals surface area contributed by atoms with E-state index >= 15 is 0 Å². The van der Waals surface area contributed by atoms with Gasteiger partial charge < -0.3 is 10.6 Å². The molecule has 1 aromatic heterocycles. The Hall–Kier alpha value is -1.56. The minimum atomic E-state index is 0. The number of aryl methyl sites for hydroxylation is 1. The van der Waals surface area contributed by atoms with Crippen LogP contribution >= 0.6 is 24.0 Å². The highest BCUT2D eigenvalue weighted by Crippen LogP contribution is 2.24. The predicted octanol–water partition coefficient (Wildman–Crippen LogP) is 3.76. The summed E-state index contributed by atoms with van der Waals surface area (Å²) in [6.07, 6.45) is 2.11. The van der Waals surface area contributed by atoms with E-state index < -0.39 is 0 Å². The molecule has 2 unspecified atom stereocenters. The third kappa shape index (κ3) is 4.05. The maximum absolute atomic E-state index is 12.8. The Bertz CT molecular complexity index is 771. The fourth-order valence-corrected chi connectivity index (χ4v) is 3.54. The van der Waals surface area contributed by atoms with Gasteiger partial charge in [0, 0.05) is 24.7 Å². The van der Waals surface area contributed by atoms with Crippen molar-refractivity contribution in [2.75, 3.05) is 13.1 Å². The molecule has 142 valence electrons. The lowest BCUT2D eigenvalue weighted by molar-refractivity contribution is 0.0661. The maximum Gasteiger partial charge on any atom is 0.253 e. The van der Waals surface area contributed by atoms with Gasteiger partial charge in [-0.15, -0.1) is 12.4 Å². The third-order valence-electron chi connectivity index (χ3n) is 5.05. The van der Waals surface area contributed by atoms with Crippen LogP contribution in [0.5, 0.6) is 0 Å². The number of carbonyl (C=O) groups is 1. The van der Waals surface area contributed by atoms with Gasteiger partial charge in [0.1, 0.15) is 0 Å². The molecule has 0 bridgehead atoms. The number of nitrogens with zero attached hydrogens (tertiary/aromatic N) is 3. The molecule has 0 radical (unpaired) electrons. The predicted molar refractivity (Wildman–Crippen MR) is 108 cm³/mol. The van der Waals surface area contributed by atoms with Gasteiger partial charge in [0.2, 0.25) is 0 Å². The average Bonchev–Trinajstić information content (AvgIpc) is 2.89. The van der Waals surface area contributed by atoms with E-state index in [0.717, 1.165) is 43.0 Å². The first-order chi connectivity index (χ1) is 11.9. The lowest BCUT2D eigenvalue weighted by Crippen LogP contribution is -2.45. The highest BCUT2D eigenvalue weighted by atomic mass is 35.5. The first kappa shape index (κ1) is 20.7. The van der Waals surface area contributed by atoms with Gasteiger partial charge in [-0.05, 0) is 63.8 Å². The van der Waals surface area contributed by atoms with E-state index in [9.17, 15) is 4.79 Å². The van der Waals surface area contributed by atoms with Gasteiger partial charge in [-0.1, -0.05) is 11.6 Å². The fourth-order valence-electron chi connectivity index (χ4n) is 3.43. The number of benzene rings is 1. The Morgan fingerprint density at radius 2 is 1.96 bits per heavy atom. The number of likely N-dealkylation sites (tertiary alicyclic amines) is 1. The van der Waals surface area contributed by atoms with Crippen LogP contribution in [-0.2, 0) is 0 Å². The Kier molecular flexibility index (Phi) is 6.72. The van der Waals surface area contributed by atoms with Crippen LogP contribution in [0.25, 0.3) is 5.69 Å². The molecule has 1 fully saturated rings. The molecule has 1 aliphatic rings. The summed E-state index contributed by atoms with van der Waals surface area (Å²) in [7, 11) is 0. The van der Waals surface area contributed by atoms with E-state index in [1.54, 1.807) is 4.68 Å². The molecule has 3 rings (SSSR count). The summed E-state index contributed by atoms with van der Waals surface area (Å²) >= 11 is 6.22. The van der Waals surface area contributed by atoms with Crippen LogP contribution in [0.1, 0.15) is 41.5 Å². The van der Waals surface area contributed by atoms with Crippen molar-refractivity contribution >= 4 is 29.9 Å². The second kappa shape index (κ2) is 8.42. The van der Waals surface area contributed by atoms with Gasteiger partial charge in [0.15, 0.2) is 0 Å². The van der Waals surface area contributed by atoms with E-state index in [1.807, 2.05) is 49.9 Å². The van der Waals surface area contributed by atoms with Crippen molar-refractivity contribution in [1.82, 2.24) is 14.7 Å². The van der Waals surface area contributed by atoms with Crippen LogP contribution in [0.15, 0.2) is 24.3 Å². The van der Waals surface area contributed by atoms with Crippen LogP contribution in [0, 0.1) is 19.8 Å². The first-order valence-electron chi connectivity index (χ1n) is 8.75. The largest absolute Gasteiger partial charge is 0.338 e. The average molecular weight is 397 g/mol. The SMILES string of the molecule is Cc1nn(-c2ccc(C(=O)N3CCCC(C(C)N)C3)cc2)c(C)c1Cl.Cl. The van der Waals surface area contributed by atoms with Crippen molar-refractivity contribution in [2.24, 2.45) is 11.7 Å². The molecule has 1 aliphatic heterocycles. The fraction of sp³-hybridized carbons (Fsp3) is 0.474. The van der Waals surface area contributed by atoms with Gasteiger partial charge in [-0.2, -0.15) is 5.10 Å². The lowest BCUT2D eigenvalue weighted by Gasteiger charge is -2.34. The van der Waals surface area contributed by atoms with Gasteiger partial charge in [-0.3, -0.25) is 4.79 Å². The second-order valence-corrected chi connectivity index (χ2v) is 7.33. The number of piperidine rings is 1. The summed E-state index contributed by atoms with van der Waals surface area (Å²) in [6, 6.07) is 7.66. The van der Waals surface area contributed by atoms with Crippen molar-refractivity contribution in [1.29, 1.82) is 0 Å². The van der Waals surface area contributed by atoms with E-state index in [4.69, 9.17) is 17.3 Å². The normalized spacial score (nSPS) is 18.3. The molecule has 1 amide bonds. The molecule has 2 aromatic rings. The second-order valence-electron chi connectivity index (χ2n) is 6.96. The number of nitrogens with two attached hydrogens (primary N) is 1. The number of hydrogen-bond acceptors (Lipinski definition) is 3. The number of hydrogen-bond donors (Lipinski definition) is 1. The Labute approximate surface area is 165 Å². The van der Waals surface area contributed by atoms with Crippen LogP contribution in [-0.4, -0.2) is 39.7 Å². The van der Waals surface area contributed by atoms with Gasteiger partial charge in [0.05, 0.1) is 22.1 Å². The molecular formula is C19H26Cl2N4O. The van der Waals surface area contributed by atoms with Crippen molar-refractivity contribution in [2.45, 2.75) is 39.7 Å². The van der Waals surface area contributed by atoms with Gasteiger partial charge >= 0.3 is 0 Å². The van der Waals surface area contributed by atoms with Gasteiger partial charge in [0.25, 0.3) is 5.91 Å². The number of aromatic nitrogens is 2. The van der Waals surface area contributed by atoms with E-state index in [2.05, 4.69) is 5.10 Å². The molecule has 5 nitrogen and oxygen atoms in total. The summed E-state index contributed by atoms with van der Waals surface area (Å²) in [6.45, 7) is 7.38. The van der Waals surface area contributed by atoms with Crippen molar-refractivity contribution < 1.29 is 4.79 Å². The molecule has 2 N–H and O–H groups in total. The minimum Gasteiger partial charge on any atom is -0.338 e. The molecule has 2 heterocycles. The van der Waals surface area contributed by atoms with Crippen LogP contribution in [0.4, 0.5) is 0 Å². The van der Waals surface area contributed by atoms with E-state index in [-0.39, 0.29) is 24.4 Å². The molecule has 0 spiro atoms. The molecule has 26 heavy (non-hydrogen) atoms. The topological polar surface area (TPSA) is 64.2 Å². The molecule has 1 saturated heterocycles. The number of amides is 1. The first-order valence-corrected chi connectivity index (χ1v) is 9.13. The molecule has 7 heteroatoms. The van der Waals surface area contributed by atoms with Crippen molar-refractivity contribution in [3.05, 3.63) is 46.2 Å². The molecule has 1 aromatic carbocycles. The minimum absolute atomic E-state index is 0. The zero-order chi connectivity index (χ0) is 18.1. The van der Waals surface area contributed by atoms with E-state index in [1.165, 1.54) is 0 Å². The molecule has 0 aliphatic carbocycles. The monoisotopic (exact) mass is 396 g/mol. The summed E-state index contributed by atoms with van der Waals surface area (Å²) < 4.78 is 1.80. The Morgan fingerprint density at radius 3 is 2.50 bits per heavy atom. The smallest absolute Gasteiger partial charge is 0.253 e. The summed E-state index contributed by atoms with van der Waals surface area (Å²) in [4.78, 5) is 14.7. The molecule has 0 saturated carbocycles. The summed E-state index contributed by atoms with van der Waals surface area (Å²) in [5.74, 6) is 0.456. The van der Waals surface area contributed by atoms with Gasteiger partial charge in [-0.25, -0.2) is 4.68 Å².